The van der Waals surface area contributed by atoms with Crippen molar-refractivity contribution in [1.29, 1.82) is 0 Å². The largest absolute Gasteiger partial charge is 0.496 e. The molecule has 0 aromatic heterocycles. The molecule has 1 fully saturated rings. The first kappa shape index (κ1) is 25.9. The molecule has 1 heterocycles. The Balaban J connectivity index is 2.02. The molecule has 0 radical (unpaired) electrons. The number of nitrogens with two attached hydrogens (primary N) is 1. The minimum absolute atomic E-state index is 0.158. The zero-order valence-corrected chi connectivity index (χ0v) is 20.1. The molecule has 186 valence electrons. The lowest BCUT2D eigenvalue weighted by Crippen LogP contribution is -2.63. The van der Waals surface area contributed by atoms with Gasteiger partial charge in [-0.15, -0.1) is 0 Å². The van der Waals surface area contributed by atoms with E-state index in [4.69, 9.17) is 15.2 Å². The first-order valence-electron chi connectivity index (χ1n) is 11.4. The fourth-order valence-electron chi connectivity index (χ4n) is 4.63. The molecule has 3 rings (SSSR count). The molecule has 2 N–H and O–H groups in total. The highest BCUT2D eigenvalue weighted by molar-refractivity contribution is 5.70. The maximum Gasteiger partial charge on any atom is 0.412 e. The van der Waals surface area contributed by atoms with Crippen LogP contribution in [0.2, 0.25) is 0 Å². The zero-order valence-electron chi connectivity index (χ0n) is 20.1. The lowest BCUT2D eigenvalue weighted by Gasteiger charge is -2.50. The summed E-state index contributed by atoms with van der Waals surface area (Å²) < 4.78 is 50.2. The fourth-order valence-corrected chi connectivity index (χ4v) is 4.63. The lowest BCUT2D eigenvalue weighted by molar-refractivity contribution is -0.127. The Morgan fingerprint density at radius 3 is 2.41 bits per heavy atom. The molecule has 2 aromatic rings. The number of ether oxygens (including phenoxy) is 2. The number of rotatable bonds is 5. The number of halogens is 3. The van der Waals surface area contributed by atoms with Crippen LogP contribution >= 0.6 is 0 Å². The molecule has 1 saturated heterocycles. The van der Waals surface area contributed by atoms with Gasteiger partial charge in [-0.1, -0.05) is 42.5 Å². The molecule has 1 amide bonds. The van der Waals surface area contributed by atoms with Crippen molar-refractivity contribution in [1.82, 2.24) is 4.90 Å². The van der Waals surface area contributed by atoms with Crippen molar-refractivity contribution in [3.63, 3.8) is 0 Å². The topological polar surface area (TPSA) is 64.8 Å². The normalized spacial score (nSPS) is 21.3. The Bertz CT molecular complexity index is 989. The van der Waals surface area contributed by atoms with E-state index in [1.807, 2.05) is 30.3 Å². The highest BCUT2D eigenvalue weighted by Gasteiger charge is 2.48. The van der Waals surface area contributed by atoms with E-state index in [-0.39, 0.29) is 11.5 Å². The number of amides is 1. The summed E-state index contributed by atoms with van der Waals surface area (Å²) in [5.41, 5.74) is 6.71. The Hall–Kier alpha value is -2.74. The van der Waals surface area contributed by atoms with Crippen LogP contribution in [0.3, 0.4) is 0 Å². The predicted octanol–water partition coefficient (Wildman–Crippen LogP) is 5.80. The Kier molecular flexibility index (Phi) is 7.50. The van der Waals surface area contributed by atoms with E-state index >= 15 is 0 Å². The molecule has 0 aliphatic carbocycles. The van der Waals surface area contributed by atoms with Gasteiger partial charge in [-0.25, -0.2) is 4.79 Å². The average Bonchev–Trinajstić information content (AvgIpc) is 2.73. The van der Waals surface area contributed by atoms with Crippen LogP contribution in [0, 0.1) is 5.92 Å². The number of nitrogens with zero attached hydrogens (tertiary/aromatic N) is 1. The maximum absolute atomic E-state index is 13.2. The standard InChI is InChI=1S/C26H33F3N2O3/c1-24(2,3)34-23(32)31-14-8-11-21(26(31,30)20-9-6-5-7-10-20)16-19-15-18(17-25(27,28)29)12-13-22(19)33-4/h5-7,9-10,12-13,15,21H,8,11,14,16-17,30H2,1-4H3/t21-,26+/m0/s1. The van der Waals surface area contributed by atoms with E-state index in [2.05, 4.69) is 0 Å². The van der Waals surface area contributed by atoms with Crippen molar-refractivity contribution in [2.45, 2.75) is 63.9 Å². The Morgan fingerprint density at radius 2 is 1.82 bits per heavy atom. The van der Waals surface area contributed by atoms with Crippen molar-refractivity contribution in [3.05, 3.63) is 65.2 Å². The number of benzene rings is 2. The Labute approximate surface area is 199 Å². The number of hydrogen-bond donors (Lipinski definition) is 1. The van der Waals surface area contributed by atoms with Crippen molar-refractivity contribution in [2.75, 3.05) is 13.7 Å². The molecule has 5 nitrogen and oxygen atoms in total. The van der Waals surface area contributed by atoms with Crippen LogP contribution in [0.25, 0.3) is 0 Å². The number of likely N-dealkylation sites (tertiary alicyclic amines) is 1. The SMILES string of the molecule is COc1ccc(CC(F)(F)F)cc1C[C@@H]1CCCN(C(=O)OC(C)(C)C)[C@]1(N)c1ccccc1. The number of methoxy groups -OCH3 is 1. The van der Waals surface area contributed by atoms with Gasteiger partial charge in [0.05, 0.1) is 13.5 Å². The quantitative estimate of drug-likeness (QED) is 0.590. The van der Waals surface area contributed by atoms with Crippen LogP contribution in [-0.2, 0) is 23.2 Å². The summed E-state index contributed by atoms with van der Waals surface area (Å²) in [5.74, 6) is 0.224. The van der Waals surface area contributed by atoms with Gasteiger partial charge in [0.1, 0.15) is 17.0 Å². The third-order valence-corrected chi connectivity index (χ3v) is 6.07. The summed E-state index contributed by atoms with van der Waals surface area (Å²) in [6.45, 7) is 5.81. The second-order valence-electron chi connectivity index (χ2n) is 9.80. The van der Waals surface area contributed by atoms with E-state index in [0.29, 0.717) is 37.1 Å². The van der Waals surface area contributed by atoms with Gasteiger partial charge in [0, 0.05) is 12.5 Å². The van der Waals surface area contributed by atoms with Gasteiger partial charge in [-0.2, -0.15) is 13.2 Å². The van der Waals surface area contributed by atoms with Crippen LogP contribution < -0.4 is 10.5 Å². The van der Waals surface area contributed by atoms with Crippen LogP contribution in [0.15, 0.2) is 48.5 Å². The second kappa shape index (κ2) is 9.86. The molecule has 2 aromatic carbocycles. The van der Waals surface area contributed by atoms with Crippen LogP contribution in [0.5, 0.6) is 5.75 Å². The van der Waals surface area contributed by atoms with Crippen molar-refractivity contribution in [3.8, 4) is 5.75 Å². The first-order chi connectivity index (χ1) is 15.8. The van der Waals surface area contributed by atoms with Gasteiger partial charge in [0.25, 0.3) is 0 Å². The van der Waals surface area contributed by atoms with Gasteiger partial charge in [0.2, 0.25) is 0 Å². The highest BCUT2D eigenvalue weighted by Crippen LogP contribution is 2.42. The average molecular weight is 479 g/mol. The van der Waals surface area contributed by atoms with E-state index < -0.39 is 30.0 Å². The highest BCUT2D eigenvalue weighted by atomic mass is 19.4. The number of alkyl halides is 3. The third-order valence-electron chi connectivity index (χ3n) is 6.07. The summed E-state index contributed by atoms with van der Waals surface area (Å²) in [5, 5.41) is 0. The number of carbonyl (C=O) groups is 1. The predicted molar refractivity (Wildman–Crippen MR) is 124 cm³/mol. The molecule has 2 atom stereocenters. The molecule has 0 saturated carbocycles. The van der Waals surface area contributed by atoms with Gasteiger partial charge in [0.15, 0.2) is 0 Å². The molecule has 0 unspecified atom stereocenters. The van der Waals surface area contributed by atoms with E-state index in [9.17, 15) is 18.0 Å². The fraction of sp³-hybridized carbons (Fsp3) is 0.500. The zero-order chi connectivity index (χ0) is 25.1. The summed E-state index contributed by atoms with van der Waals surface area (Å²) in [4.78, 5) is 14.8. The molecule has 34 heavy (non-hydrogen) atoms. The maximum atomic E-state index is 13.2. The van der Waals surface area contributed by atoms with Crippen LogP contribution in [-0.4, -0.2) is 36.4 Å². The third kappa shape index (κ3) is 6.03. The smallest absolute Gasteiger partial charge is 0.412 e. The van der Waals surface area contributed by atoms with Gasteiger partial charge in [-0.05, 0) is 62.8 Å². The molecule has 1 aliphatic rings. The molecule has 1 aliphatic heterocycles. The summed E-state index contributed by atoms with van der Waals surface area (Å²) in [6, 6.07) is 13.8. The number of carbonyl (C=O) groups excluding carboxylic acids is 1. The number of hydrogen-bond acceptors (Lipinski definition) is 4. The molecule has 8 heteroatoms. The molecule has 0 spiro atoms. The van der Waals surface area contributed by atoms with Crippen molar-refractivity contribution in [2.24, 2.45) is 11.7 Å². The summed E-state index contributed by atoms with van der Waals surface area (Å²) in [7, 11) is 1.49. The lowest BCUT2D eigenvalue weighted by atomic mass is 9.75. The monoisotopic (exact) mass is 478 g/mol. The molecular formula is C26H33F3N2O3. The minimum atomic E-state index is -4.31. The second-order valence-corrected chi connectivity index (χ2v) is 9.80. The minimum Gasteiger partial charge on any atom is -0.496 e. The summed E-state index contributed by atoms with van der Waals surface area (Å²) in [6.07, 6.45) is -4.12. The molecule has 0 bridgehead atoms. The van der Waals surface area contributed by atoms with Gasteiger partial charge >= 0.3 is 12.3 Å². The molecular weight excluding hydrogens is 445 g/mol. The van der Waals surface area contributed by atoms with Crippen LogP contribution in [0.4, 0.5) is 18.0 Å². The first-order valence-corrected chi connectivity index (χ1v) is 11.4. The van der Waals surface area contributed by atoms with E-state index in [1.54, 1.807) is 31.7 Å². The number of piperidine rings is 1. The van der Waals surface area contributed by atoms with Crippen molar-refractivity contribution >= 4 is 6.09 Å². The van der Waals surface area contributed by atoms with Crippen LogP contribution in [0.1, 0.15) is 50.3 Å². The van der Waals surface area contributed by atoms with E-state index in [1.165, 1.54) is 19.2 Å². The Morgan fingerprint density at radius 1 is 1.15 bits per heavy atom. The summed E-state index contributed by atoms with van der Waals surface area (Å²) >= 11 is 0. The van der Waals surface area contributed by atoms with Gasteiger partial charge < -0.3 is 15.2 Å². The van der Waals surface area contributed by atoms with Crippen molar-refractivity contribution < 1.29 is 27.4 Å². The van der Waals surface area contributed by atoms with E-state index in [0.717, 1.165) is 5.56 Å². The van der Waals surface area contributed by atoms with Gasteiger partial charge in [-0.3, -0.25) is 4.90 Å².